The number of hydrogen-bond donors (Lipinski definition) is 2. The Hall–Kier alpha value is -3.11. The average Bonchev–Trinajstić information content (AvgIpc) is 3.21. The van der Waals surface area contributed by atoms with E-state index in [9.17, 15) is 9.90 Å². The number of fused-ring (bicyclic) bond motifs is 2. The fourth-order valence-corrected chi connectivity index (χ4v) is 4.24. The van der Waals surface area contributed by atoms with Gasteiger partial charge in [-0.15, -0.1) is 6.58 Å². The van der Waals surface area contributed by atoms with E-state index in [1.807, 2.05) is 13.1 Å². The SMILES string of the molecule is C=CCn1c(O)c(C=NC[C@@H]2c3c(cc4c(c3OC)OCO4)CCN2C)c(=O)[nH]c1=S. The molecule has 164 valence electrons. The summed E-state index contributed by atoms with van der Waals surface area (Å²) < 4.78 is 18.4. The molecule has 0 radical (unpaired) electrons. The van der Waals surface area contributed by atoms with Crippen LogP contribution in [0.25, 0.3) is 0 Å². The number of likely N-dealkylation sites (N-methyl/N-ethyl adjacent to an activating group) is 1. The summed E-state index contributed by atoms with van der Waals surface area (Å²) in [5.74, 6) is 1.70. The number of nitrogens with one attached hydrogen (secondary N) is 1. The van der Waals surface area contributed by atoms with Crippen LogP contribution in [0.4, 0.5) is 0 Å². The van der Waals surface area contributed by atoms with Crippen molar-refractivity contribution in [3.63, 3.8) is 0 Å². The van der Waals surface area contributed by atoms with Crippen LogP contribution in [-0.4, -0.2) is 59.8 Å². The van der Waals surface area contributed by atoms with E-state index in [0.29, 0.717) is 23.8 Å². The summed E-state index contributed by atoms with van der Waals surface area (Å²) in [4.78, 5) is 21.5. The van der Waals surface area contributed by atoms with Crippen molar-refractivity contribution in [3.05, 3.63) is 50.5 Å². The van der Waals surface area contributed by atoms with Gasteiger partial charge in [0, 0.05) is 24.9 Å². The second-order valence-electron chi connectivity index (χ2n) is 7.35. The summed E-state index contributed by atoms with van der Waals surface area (Å²) in [6.45, 7) is 5.27. The number of hydrogen-bond acceptors (Lipinski definition) is 8. The maximum Gasteiger partial charge on any atom is 0.264 e. The lowest BCUT2D eigenvalue weighted by Crippen LogP contribution is -2.34. The van der Waals surface area contributed by atoms with E-state index in [2.05, 4.69) is 21.5 Å². The van der Waals surface area contributed by atoms with Crippen LogP contribution < -0.4 is 19.8 Å². The van der Waals surface area contributed by atoms with Crippen LogP contribution in [0.5, 0.6) is 23.1 Å². The fraction of sp³-hybridized carbons (Fsp3) is 0.381. The van der Waals surface area contributed by atoms with Crippen molar-refractivity contribution in [3.8, 4) is 23.1 Å². The van der Waals surface area contributed by atoms with E-state index in [0.717, 1.165) is 24.1 Å². The lowest BCUT2D eigenvalue weighted by molar-refractivity contribution is 0.170. The van der Waals surface area contributed by atoms with E-state index in [1.54, 1.807) is 13.2 Å². The molecule has 0 aliphatic carbocycles. The Kier molecular flexibility index (Phi) is 5.84. The van der Waals surface area contributed by atoms with Crippen molar-refractivity contribution in [1.29, 1.82) is 0 Å². The first-order valence-electron chi connectivity index (χ1n) is 9.82. The van der Waals surface area contributed by atoms with E-state index < -0.39 is 5.56 Å². The quantitative estimate of drug-likeness (QED) is 0.400. The lowest BCUT2D eigenvalue weighted by atomic mass is 9.91. The highest BCUT2D eigenvalue weighted by Crippen LogP contribution is 2.49. The van der Waals surface area contributed by atoms with Crippen molar-refractivity contribution in [1.82, 2.24) is 14.5 Å². The van der Waals surface area contributed by atoms with E-state index >= 15 is 0 Å². The predicted octanol–water partition coefficient (Wildman–Crippen LogP) is 2.18. The first-order valence-corrected chi connectivity index (χ1v) is 10.2. The van der Waals surface area contributed by atoms with Gasteiger partial charge < -0.3 is 19.3 Å². The van der Waals surface area contributed by atoms with E-state index in [1.165, 1.54) is 10.8 Å². The number of aliphatic imine (C=N–C) groups is 1. The first kappa shape index (κ1) is 21.1. The molecule has 1 atom stereocenters. The number of allylic oxidation sites excluding steroid dienone is 1. The minimum atomic E-state index is -0.495. The number of aromatic hydroxyl groups is 1. The molecule has 0 saturated carbocycles. The highest BCUT2D eigenvalue weighted by Gasteiger charge is 2.33. The molecule has 2 aliphatic rings. The molecule has 10 heteroatoms. The third-order valence-electron chi connectivity index (χ3n) is 5.56. The zero-order valence-corrected chi connectivity index (χ0v) is 18.2. The molecule has 0 spiro atoms. The molecule has 3 heterocycles. The smallest absolute Gasteiger partial charge is 0.264 e. The Bertz CT molecular complexity index is 1170. The highest BCUT2D eigenvalue weighted by molar-refractivity contribution is 7.71. The second-order valence-corrected chi connectivity index (χ2v) is 7.74. The molecule has 1 aromatic carbocycles. The molecule has 0 fully saturated rings. The van der Waals surface area contributed by atoms with Gasteiger partial charge in [-0.3, -0.25) is 24.2 Å². The standard InChI is InChI=1S/C21H24N4O5S/c1-4-6-25-20(27)13(19(26)23-21(25)31)9-22-10-14-16-12(5-7-24(14)2)8-15-17(18(16)28-3)30-11-29-15/h4,8-9,14,27H,1,5-7,10-11H2,2-3H3,(H,23,26,31)/t14-/m1/s1. The summed E-state index contributed by atoms with van der Waals surface area (Å²) in [5, 5.41) is 10.5. The number of methoxy groups -OCH3 is 1. The van der Waals surface area contributed by atoms with Crippen molar-refractivity contribution < 1.29 is 19.3 Å². The van der Waals surface area contributed by atoms with Crippen LogP contribution in [0.2, 0.25) is 0 Å². The fourth-order valence-electron chi connectivity index (χ4n) is 3.99. The molecule has 1 aromatic heterocycles. The van der Waals surface area contributed by atoms with Crippen LogP contribution in [0.1, 0.15) is 22.7 Å². The molecular formula is C21H24N4O5S. The molecule has 0 saturated heterocycles. The Morgan fingerprint density at radius 1 is 1.48 bits per heavy atom. The molecule has 0 bridgehead atoms. The average molecular weight is 445 g/mol. The summed E-state index contributed by atoms with van der Waals surface area (Å²) in [6, 6.07) is 1.91. The molecule has 0 amide bonds. The van der Waals surface area contributed by atoms with Gasteiger partial charge >= 0.3 is 0 Å². The number of H-pyrrole nitrogens is 1. The number of aromatic amines is 1. The van der Waals surface area contributed by atoms with Gasteiger partial charge in [0.2, 0.25) is 18.4 Å². The Morgan fingerprint density at radius 3 is 3.03 bits per heavy atom. The van der Waals surface area contributed by atoms with Crippen molar-refractivity contribution in [2.24, 2.45) is 4.99 Å². The largest absolute Gasteiger partial charge is 0.494 e. The maximum absolute atomic E-state index is 12.3. The van der Waals surface area contributed by atoms with Gasteiger partial charge in [-0.1, -0.05) is 6.08 Å². The summed E-state index contributed by atoms with van der Waals surface area (Å²) in [5.41, 5.74) is 1.68. The zero-order chi connectivity index (χ0) is 22.1. The number of rotatable bonds is 6. The normalized spacial score (nSPS) is 17.7. The van der Waals surface area contributed by atoms with Crippen LogP contribution in [0, 0.1) is 4.77 Å². The van der Waals surface area contributed by atoms with Gasteiger partial charge in [-0.25, -0.2) is 0 Å². The van der Waals surface area contributed by atoms with Gasteiger partial charge in [0.1, 0.15) is 5.56 Å². The number of ether oxygens (including phenoxy) is 3. The summed E-state index contributed by atoms with van der Waals surface area (Å²) >= 11 is 5.11. The minimum Gasteiger partial charge on any atom is -0.494 e. The molecular weight excluding hydrogens is 420 g/mol. The molecule has 4 rings (SSSR count). The second kappa shape index (κ2) is 8.56. The summed E-state index contributed by atoms with van der Waals surface area (Å²) in [7, 11) is 3.63. The van der Waals surface area contributed by atoms with E-state index in [-0.39, 0.29) is 35.6 Å². The first-order chi connectivity index (χ1) is 15.0. The molecule has 0 unspecified atom stereocenters. The summed E-state index contributed by atoms with van der Waals surface area (Å²) in [6.07, 6.45) is 3.81. The van der Waals surface area contributed by atoms with Gasteiger partial charge in [0.25, 0.3) is 5.56 Å². The lowest BCUT2D eigenvalue weighted by Gasteiger charge is -2.35. The monoisotopic (exact) mass is 444 g/mol. The van der Waals surface area contributed by atoms with Crippen molar-refractivity contribution >= 4 is 18.4 Å². The molecule has 9 nitrogen and oxygen atoms in total. The zero-order valence-electron chi connectivity index (χ0n) is 17.4. The Morgan fingerprint density at radius 2 is 2.29 bits per heavy atom. The number of nitrogens with zero attached hydrogens (tertiary/aromatic N) is 3. The van der Waals surface area contributed by atoms with Gasteiger partial charge in [0.05, 0.1) is 19.7 Å². The van der Waals surface area contributed by atoms with Crippen LogP contribution in [-0.2, 0) is 13.0 Å². The molecule has 2 N–H and O–H groups in total. The maximum atomic E-state index is 12.3. The van der Waals surface area contributed by atoms with Crippen molar-refractivity contribution in [2.75, 3.05) is 34.0 Å². The number of benzene rings is 1. The third kappa shape index (κ3) is 3.72. The Labute approximate surface area is 184 Å². The van der Waals surface area contributed by atoms with E-state index in [4.69, 9.17) is 26.4 Å². The predicted molar refractivity (Wildman–Crippen MR) is 118 cm³/mol. The van der Waals surface area contributed by atoms with Gasteiger partial charge in [0.15, 0.2) is 16.3 Å². The van der Waals surface area contributed by atoms with Gasteiger partial charge in [-0.05, 0) is 37.3 Å². The van der Waals surface area contributed by atoms with Crippen LogP contribution in [0.15, 0.2) is 28.5 Å². The molecule has 2 aromatic rings. The third-order valence-corrected chi connectivity index (χ3v) is 5.89. The minimum absolute atomic E-state index is 0.0480. The van der Waals surface area contributed by atoms with Crippen LogP contribution >= 0.6 is 12.2 Å². The van der Waals surface area contributed by atoms with Crippen LogP contribution in [0.3, 0.4) is 0 Å². The van der Waals surface area contributed by atoms with Gasteiger partial charge in [-0.2, -0.15) is 0 Å². The molecule has 31 heavy (non-hydrogen) atoms. The highest BCUT2D eigenvalue weighted by atomic mass is 32.1. The van der Waals surface area contributed by atoms with Crippen molar-refractivity contribution in [2.45, 2.75) is 19.0 Å². The topological polar surface area (TPSA) is 101 Å². The molecule has 2 aliphatic heterocycles. The number of aromatic nitrogens is 2. The Balaban J connectivity index is 1.69.